The number of nitrogens with zero attached hydrogens (tertiary/aromatic N) is 4. The van der Waals surface area contributed by atoms with E-state index < -0.39 is 0 Å². The van der Waals surface area contributed by atoms with Gasteiger partial charge in [-0.05, 0) is 19.1 Å². The molecule has 7 nitrogen and oxygen atoms in total. The minimum Gasteiger partial charge on any atom is -0.338 e. The molecule has 22 heavy (non-hydrogen) atoms. The summed E-state index contributed by atoms with van der Waals surface area (Å²) in [6, 6.07) is 3.41. The van der Waals surface area contributed by atoms with Crippen LogP contribution in [0.1, 0.15) is 6.92 Å². The average Bonchev–Trinajstić information content (AvgIpc) is 2.94. The van der Waals surface area contributed by atoms with Crippen molar-refractivity contribution in [2.24, 2.45) is 7.05 Å². The maximum atomic E-state index is 11.7. The van der Waals surface area contributed by atoms with Crippen LogP contribution in [-0.4, -0.2) is 32.3 Å². The number of carbonyl (C=O) groups excluding carboxylic acids is 1. The van der Waals surface area contributed by atoms with E-state index in [4.69, 9.17) is 0 Å². The monoisotopic (exact) mass is 296 g/mol. The Kier molecular flexibility index (Phi) is 3.69. The van der Waals surface area contributed by atoms with E-state index >= 15 is 0 Å². The molecule has 0 saturated heterocycles. The van der Waals surface area contributed by atoms with Crippen LogP contribution in [0.4, 0.5) is 10.5 Å². The summed E-state index contributed by atoms with van der Waals surface area (Å²) in [5.74, 6) is 0. The summed E-state index contributed by atoms with van der Waals surface area (Å²) >= 11 is 0. The van der Waals surface area contributed by atoms with Crippen LogP contribution in [-0.2, 0) is 7.05 Å². The van der Waals surface area contributed by atoms with Gasteiger partial charge in [0.1, 0.15) is 5.52 Å². The molecule has 3 aromatic rings. The number of nitrogens with one attached hydrogen (secondary N) is 2. The van der Waals surface area contributed by atoms with Gasteiger partial charge in [-0.1, -0.05) is 0 Å². The third-order valence-electron chi connectivity index (χ3n) is 3.20. The fourth-order valence-corrected chi connectivity index (χ4v) is 2.19. The molecule has 0 bridgehead atoms. The second-order valence-electron chi connectivity index (χ2n) is 4.84. The third kappa shape index (κ3) is 2.73. The quantitative estimate of drug-likeness (QED) is 0.775. The summed E-state index contributed by atoms with van der Waals surface area (Å²) in [7, 11) is 1.87. The number of aryl methyl sites for hydroxylation is 1. The minimum atomic E-state index is -0.256. The Morgan fingerprint density at radius 3 is 2.86 bits per heavy atom. The van der Waals surface area contributed by atoms with Gasteiger partial charge in [-0.2, -0.15) is 5.10 Å². The van der Waals surface area contributed by atoms with Gasteiger partial charge in [-0.25, -0.2) is 4.79 Å². The molecular formula is C15H16N6O. The lowest BCUT2D eigenvalue weighted by Crippen LogP contribution is -2.28. The molecule has 2 N–H and O–H groups in total. The van der Waals surface area contributed by atoms with Crippen molar-refractivity contribution in [1.29, 1.82) is 0 Å². The van der Waals surface area contributed by atoms with E-state index in [-0.39, 0.29) is 6.03 Å². The first kappa shape index (κ1) is 14.0. The minimum absolute atomic E-state index is 0.256. The molecule has 0 aliphatic rings. The molecule has 0 atom stereocenters. The number of urea groups is 1. The maximum absolute atomic E-state index is 11.7. The smallest absolute Gasteiger partial charge is 0.319 e. The second kappa shape index (κ2) is 5.80. The van der Waals surface area contributed by atoms with Crippen LogP contribution in [0.15, 0.2) is 36.9 Å². The van der Waals surface area contributed by atoms with Crippen LogP contribution in [0.3, 0.4) is 0 Å². The van der Waals surface area contributed by atoms with Gasteiger partial charge in [0.05, 0.1) is 17.4 Å². The van der Waals surface area contributed by atoms with Gasteiger partial charge in [-0.15, -0.1) is 0 Å². The Morgan fingerprint density at radius 1 is 1.27 bits per heavy atom. The number of fused-ring (bicyclic) bond motifs is 1. The van der Waals surface area contributed by atoms with Crippen molar-refractivity contribution in [2.75, 3.05) is 11.9 Å². The number of hydrogen-bond acceptors (Lipinski definition) is 4. The van der Waals surface area contributed by atoms with Crippen molar-refractivity contribution in [3.8, 4) is 11.1 Å². The molecule has 112 valence electrons. The van der Waals surface area contributed by atoms with E-state index in [2.05, 4.69) is 25.7 Å². The Balaban J connectivity index is 1.98. The largest absolute Gasteiger partial charge is 0.338 e. The fourth-order valence-electron chi connectivity index (χ4n) is 2.19. The van der Waals surface area contributed by atoms with E-state index in [0.717, 1.165) is 16.6 Å². The molecule has 0 unspecified atom stereocenters. The van der Waals surface area contributed by atoms with Gasteiger partial charge in [0.15, 0.2) is 0 Å². The summed E-state index contributed by atoms with van der Waals surface area (Å²) in [6.07, 6.45) is 7.10. The fraction of sp³-hybridized carbons (Fsp3) is 0.200. The predicted octanol–water partition coefficient (Wildman–Crippen LogP) is 2.17. The van der Waals surface area contributed by atoms with Gasteiger partial charge < -0.3 is 10.6 Å². The first-order valence-electron chi connectivity index (χ1n) is 6.96. The zero-order chi connectivity index (χ0) is 15.5. The summed E-state index contributed by atoms with van der Waals surface area (Å²) in [4.78, 5) is 20.4. The molecule has 0 radical (unpaired) electrons. The Hall–Kier alpha value is -2.96. The zero-order valence-corrected chi connectivity index (χ0v) is 12.4. The first-order chi connectivity index (χ1) is 10.7. The van der Waals surface area contributed by atoms with E-state index in [1.165, 1.54) is 0 Å². The van der Waals surface area contributed by atoms with E-state index in [0.29, 0.717) is 17.7 Å². The van der Waals surface area contributed by atoms with Gasteiger partial charge in [0.2, 0.25) is 0 Å². The molecule has 2 amide bonds. The van der Waals surface area contributed by atoms with E-state index in [1.807, 2.05) is 26.2 Å². The number of rotatable bonds is 3. The Bertz CT molecular complexity index is 826. The van der Waals surface area contributed by atoms with Crippen molar-refractivity contribution < 1.29 is 4.79 Å². The van der Waals surface area contributed by atoms with E-state index in [9.17, 15) is 4.79 Å². The number of aromatic nitrogens is 4. The molecule has 0 aliphatic heterocycles. The maximum Gasteiger partial charge on any atom is 0.319 e. The molecule has 3 aromatic heterocycles. The van der Waals surface area contributed by atoms with Crippen molar-refractivity contribution in [1.82, 2.24) is 25.1 Å². The SMILES string of the molecule is CCNC(=O)Nc1ccnc2cc(-c3cnn(C)c3)cnc12. The predicted molar refractivity (Wildman–Crippen MR) is 84.4 cm³/mol. The normalized spacial score (nSPS) is 10.6. The molecule has 3 rings (SSSR count). The van der Waals surface area contributed by atoms with Crippen LogP contribution in [0.2, 0.25) is 0 Å². The van der Waals surface area contributed by atoms with Crippen molar-refractivity contribution >= 4 is 22.8 Å². The summed E-state index contributed by atoms with van der Waals surface area (Å²) < 4.78 is 1.74. The summed E-state index contributed by atoms with van der Waals surface area (Å²) in [6.45, 7) is 2.43. The molecule has 3 heterocycles. The molecule has 7 heteroatoms. The molecule has 0 aliphatic carbocycles. The highest BCUT2D eigenvalue weighted by molar-refractivity contribution is 5.98. The topological polar surface area (TPSA) is 84.7 Å². The van der Waals surface area contributed by atoms with Crippen LogP contribution in [0.5, 0.6) is 0 Å². The van der Waals surface area contributed by atoms with Crippen LogP contribution < -0.4 is 10.6 Å². The Morgan fingerprint density at radius 2 is 2.14 bits per heavy atom. The lowest BCUT2D eigenvalue weighted by Gasteiger charge is -2.08. The van der Waals surface area contributed by atoms with Crippen molar-refractivity contribution in [3.63, 3.8) is 0 Å². The van der Waals surface area contributed by atoms with Crippen LogP contribution >= 0.6 is 0 Å². The highest BCUT2D eigenvalue weighted by atomic mass is 16.2. The van der Waals surface area contributed by atoms with Crippen molar-refractivity contribution in [2.45, 2.75) is 6.92 Å². The second-order valence-corrected chi connectivity index (χ2v) is 4.84. The summed E-state index contributed by atoms with van der Waals surface area (Å²) in [5.41, 5.74) is 3.91. The molecular weight excluding hydrogens is 280 g/mol. The number of carbonyl (C=O) groups is 1. The first-order valence-corrected chi connectivity index (χ1v) is 6.96. The van der Waals surface area contributed by atoms with Gasteiger partial charge in [-0.3, -0.25) is 14.6 Å². The van der Waals surface area contributed by atoms with Crippen molar-refractivity contribution in [3.05, 3.63) is 36.9 Å². The standard InChI is InChI=1S/C15H16N6O/c1-3-16-15(22)20-12-4-5-17-13-6-10(7-18-14(12)13)11-8-19-21(2)9-11/h4-9H,3H2,1-2H3,(H2,16,17,20,22). The lowest BCUT2D eigenvalue weighted by molar-refractivity contribution is 0.252. The van der Waals surface area contributed by atoms with E-state index in [1.54, 1.807) is 29.3 Å². The molecule has 0 saturated carbocycles. The number of pyridine rings is 2. The van der Waals surface area contributed by atoms with Crippen LogP contribution in [0, 0.1) is 0 Å². The number of amides is 2. The number of hydrogen-bond donors (Lipinski definition) is 2. The average molecular weight is 296 g/mol. The number of anilines is 1. The van der Waals surface area contributed by atoms with Crippen LogP contribution in [0.25, 0.3) is 22.2 Å². The lowest BCUT2D eigenvalue weighted by atomic mass is 10.1. The molecule has 0 spiro atoms. The zero-order valence-electron chi connectivity index (χ0n) is 12.4. The Labute approximate surface area is 127 Å². The highest BCUT2D eigenvalue weighted by Gasteiger charge is 2.09. The van der Waals surface area contributed by atoms with Gasteiger partial charge in [0.25, 0.3) is 0 Å². The third-order valence-corrected chi connectivity index (χ3v) is 3.20. The summed E-state index contributed by atoms with van der Waals surface area (Å²) in [5, 5.41) is 9.62. The highest BCUT2D eigenvalue weighted by Crippen LogP contribution is 2.24. The molecule has 0 fully saturated rings. The molecule has 0 aromatic carbocycles. The van der Waals surface area contributed by atoms with Gasteiger partial charge in [0, 0.05) is 43.3 Å². The van der Waals surface area contributed by atoms with Gasteiger partial charge >= 0.3 is 6.03 Å².